The van der Waals surface area contributed by atoms with Gasteiger partial charge >= 0.3 is 0 Å². The highest BCUT2D eigenvalue weighted by atomic mass is 32.1. The van der Waals surface area contributed by atoms with Crippen molar-refractivity contribution in [2.24, 2.45) is 0 Å². The maximum atomic E-state index is 12.5. The zero-order valence-electron chi connectivity index (χ0n) is 16.5. The number of nitrogens with one attached hydrogen (secondary N) is 1. The van der Waals surface area contributed by atoms with Crippen LogP contribution in [0.3, 0.4) is 0 Å². The summed E-state index contributed by atoms with van der Waals surface area (Å²) in [6.45, 7) is 2.08. The average molecular weight is 438 g/mol. The van der Waals surface area contributed by atoms with Gasteiger partial charge in [-0.25, -0.2) is 0 Å². The van der Waals surface area contributed by atoms with E-state index in [1.54, 1.807) is 42.5 Å². The summed E-state index contributed by atoms with van der Waals surface area (Å²) in [7, 11) is 0. The molecule has 0 atom stereocenters. The summed E-state index contributed by atoms with van der Waals surface area (Å²) >= 11 is 1.08. The Hall–Kier alpha value is -3.79. The first-order chi connectivity index (χ1) is 15.1. The quantitative estimate of drug-likeness (QED) is 0.538. The van der Waals surface area contributed by atoms with Crippen molar-refractivity contribution in [1.82, 2.24) is 15.1 Å². The van der Waals surface area contributed by atoms with Crippen molar-refractivity contribution in [3.63, 3.8) is 0 Å². The van der Waals surface area contributed by atoms with Gasteiger partial charge in [-0.05, 0) is 31.2 Å². The number of aromatic nitrogens is 2. The van der Waals surface area contributed by atoms with Crippen LogP contribution in [0.2, 0.25) is 0 Å². The molecule has 1 aliphatic heterocycles. The Morgan fingerprint density at radius 2 is 1.58 bits per heavy atom. The van der Waals surface area contributed by atoms with E-state index in [2.05, 4.69) is 15.5 Å². The number of hydrogen-bond acceptors (Lipinski definition) is 8. The summed E-state index contributed by atoms with van der Waals surface area (Å²) in [6, 6.07) is 13.7. The van der Waals surface area contributed by atoms with E-state index in [1.807, 2.05) is 13.0 Å². The number of para-hydroxylation sites is 2. The molecule has 1 aliphatic rings. The van der Waals surface area contributed by atoms with Crippen molar-refractivity contribution in [3.8, 4) is 11.5 Å². The molecule has 158 valence electrons. The summed E-state index contributed by atoms with van der Waals surface area (Å²) in [5.41, 5.74) is 0.741. The smallest absolute Gasteiger partial charge is 0.264 e. The molecule has 2 heterocycles. The van der Waals surface area contributed by atoms with Crippen LogP contribution in [-0.2, 0) is 11.3 Å². The Morgan fingerprint density at radius 3 is 2.23 bits per heavy atom. The first-order valence-electron chi connectivity index (χ1n) is 9.49. The molecule has 4 rings (SSSR count). The molecule has 1 N–H and O–H groups in total. The minimum absolute atomic E-state index is 0.0158. The summed E-state index contributed by atoms with van der Waals surface area (Å²) in [6.07, 6.45) is 0. The van der Waals surface area contributed by atoms with E-state index >= 15 is 0 Å². The van der Waals surface area contributed by atoms with Crippen LogP contribution in [0.4, 0.5) is 5.13 Å². The standard InChI is InChI=1S/C21H18N4O5S/c1-2-29-15-9-5-6-10-16(15)30-12-17(26)22-21-24-23-18(31-21)11-25-19(27)13-7-3-4-8-14(13)20(25)28/h3-10H,2,11-12H2,1H3,(H,22,24,26). The maximum Gasteiger partial charge on any atom is 0.264 e. The molecular weight excluding hydrogens is 420 g/mol. The van der Waals surface area contributed by atoms with Crippen LogP contribution in [0.25, 0.3) is 0 Å². The van der Waals surface area contributed by atoms with Gasteiger partial charge in [0.05, 0.1) is 24.3 Å². The highest BCUT2D eigenvalue weighted by Crippen LogP contribution is 2.27. The zero-order valence-corrected chi connectivity index (χ0v) is 17.3. The lowest BCUT2D eigenvalue weighted by Gasteiger charge is -2.11. The Kier molecular flexibility index (Phi) is 5.89. The molecule has 0 spiro atoms. The second kappa shape index (κ2) is 8.92. The van der Waals surface area contributed by atoms with Crippen molar-refractivity contribution in [1.29, 1.82) is 0 Å². The first kappa shape index (κ1) is 20.5. The third-order valence-electron chi connectivity index (χ3n) is 4.39. The predicted molar refractivity (Wildman–Crippen MR) is 112 cm³/mol. The van der Waals surface area contributed by atoms with E-state index in [9.17, 15) is 14.4 Å². The molecule has 0 saturated heterocycles. The molecule has 0 saturated carbocycles. The van der Waals surface area contributed by atoms with Gasteiger partial charge in [0.2, 0.25) is 5.13 Å². The molecular formula is C21H18N4O5S. The van der Waals surface area contributed by atoms with Gasteiger partial charge < -0.3 is 9.47 Å². The molecule has 3 aromatic rings. The Morgan fingerprint density at radius 1 is 0.968 bits per heavy atom. The number of amides is 3. The monoisotopic (exact) mass is 438 g/mol. The predicted octanol–water partition coefficient (Wildman–Crippen LogP) is 2.75. The van der Waals surface area contributed by atoms with Crippen LogP contribution < -0.4 is 14.8 Å². The van der Waals surface area contributed by atoms with Crippen LogP contribution >= 0.6 is 11.3 Å². The number of hydrogen-bond donors (Lipinski definition) is 1. The topological polar surface area (TPSA) is 111 Å². The highest BCUT2D eigenvalue weighted by molar-refractivity contribution is 7.15. The van der Waals surface area contributed by atoms with Crippen LogP contribution in [-0.4, -0.2) is 46.0 Å². The summed E-state index contributed by atoms with van der Waals surface area (Å²) in [5.74, 6) is -0.153. The number of fused-ring (bicyclic) bond motifs is 1. The number of anilines is 1. The van der Waals surface area contributed by atoms with Gasteiger partial charge in [-0.1, -0.05) is 35.6 Å². The number of imide groups is 1. The van der Waals surface area contributed by atoms with Crippen molar-refractivity contribution in [3.05, 3.63) is 64.7 Å². The van der Waals surface area contributed by atoms with Gasteiger partial charge in [-0.3, -0.25) is 24.6 Å². The second-order valence-corrected chi connectivity index (χ2v) is 7.52. The molecule has 2 aromatic carbocycles. The molecule has 0 fully saturated rings. The van der Waals surface area contributed by atoms with Gasteiger partial charge in [0.15, 0.2) is 18.1 Å². The third-order valence-corrected chi connectivity index (χ3v) is 5.22. The minimum atomic E-state index is -0.422. The lowest BCUT2D eigenvalue weighted by Crippen LogP contribution is -2.29. The minimum Gasteiger partial charge on any atom is -0.490 e. The van der Waals surface area contributed by atoms with Gasteiger partial charge in [-0.15, -0.1) is 10.2 Å². The van der Waals surface area contributed by atoms with Gasteiger partial charge in [0, 0.05) is 0 Å². The lowest BCUT2D eigenvalue weighted by atomic mass is 10.1. The van der Waals surface area contributed by atoms with Gasteiger partial charge in [0.1, 0.15) is 5.01 Å². The van der Waals surface area contributed by atoms with E-state index in [0.717, 1.165) is 16.2 Å². The molecule has 1 aromatic heterocycles. The van der Waals surface area contributed by atoms with Crippen LogP contribution in [0.5, 0.6) is 11.5 Å². The molecule has 0 aliphatic carbocycles. The fourth-order valence-corrected chi connectivity index (χ4v) is 3.77. The first-order valence-corrected chi connectivity index (χ1v) is 10.3. The third kappa shape index (κ3) is 4.38. The number of nitrogens with zero attached hydrogens (tertiary/aromatic N) is 3. The normalized spacial score (nSPS) is 12.6. The molecule has 9 nitrogen and oxygen atoms in total. The van der Waals surface area contributed by atoms with Gasteiger partial charge in [-0.2, -0.15) is 0 Å². The number of ether oxygens (including phenoxy) is 2. The van der Waals surface area contributed by atoms with E-state index in [4.69, 9.17) is 9.47 Å². The summed E-state index contributed by atoms with van der Waals surface area (Å²) in [5, 5.41) is 11.1. The molecule has 0 unspecified atom stereocenters. The number of benzene rings is 2. The fourth-order valence-electron chi connectivity index (χ4n) is 3.03. The second-order valence-electron chi connectivity index (χ2n) is 6.46. The van der Waals surface area contributed by atoms with E-state index in [-0.39, 0.29) is 30.1 Å². The van der Waals surface area contributed by atoms with Crippen molar-refractivity contribution < 1.29 is 23.9 Å². The largest absolute Gasteiger partial charge is 0.490 e. The SMILES string of the molecule is CCOc1ccccc1OCC(=O)Nc1nnc(CN2C(=O)c3ccccc3C2=O)s1. The number of carbonyl (C=O) groups excluding carboxylic acids is 3. The highest BCUT2D eigenvalue weighted by Gasteiger charge is 2.35. The summed E-state index contributed by atoms with van der Waals surface area (Å²) < 4.78 is 11.0. The van der Waals surface area contributed by atoms with Crippen LogP contribution in [0, 0.1) is 0 Å². The average Bonchev–Trinajstić information content (AvgIpc) is 3.31. The lowest BCUT2D eigenvalue weighted by molar-refractivity contribution is -0.118. The van der Waals surface area contributed by atoms with Crippen LogP contribution in [0.15, 0.2) is 48.5 Å². The maximum absolute atomic E-state index is 12.5. The zero-order chi connectivity index (χ0) is 21.8. The molecule has 0 radical (unpaired) electrons. The number of carbonyl (C=O) groups is 3. The van der Waals surface area contributed by atoms with Crippen molar-refractivity contribution in [2.75, 3.05) is 18.5 Å². The fraction of sp³-hybridized carbons (Fsp3) is 0.190. The molecule has 0 bridgehead atoms. The molecule has 10 heteroatoms. The Bertz CT molecular complexity index is 1110. The molecule has 31 heavy (non-hydrogen) atoms. The Labute approximate surface area is 181 Å². The number of rotatable bonds is 8. The van der Waals surface area contributed by atoms with E-state index in [1.165, 1.54) is 0 Å². The van der Waals surface area contributed by atoms with E-state index in [0.29, 0.717) is 34.2 Å². The summed E-state index contributed by atoms with van der Waals surface area (Å²) in [4.78, 5) is 38.2. The van der Waals surface area contributed by atoms with E-state index < -0.39 is 5.91 Å². The van der Waals surface area contributed by atoms with Crippen LogP contribution in [0.1, 0.15) is 32.6 Å². The molecule has 3 amide bonds. The van der Waals surface area contributed by atoms with Crippen molar-refractivity contribution >= 4 is 34.2 Å². The van der Waals surface area contributed by atoms with Crippen molar-refractivity contribution in [2.45, 2.75) is 13.5 Å². The Balaban J connectivity index is 1.34. The van der Waals surface area contributed by atoms with Gasteiger partial charge in [0.25, 0.3) is 17.7 Å².